The Balaban J connectivity index is 2.12. The van der Waals surface area contributed by atoms with E-state index >= 15 is 0 Å². The number of ether oxygens (including phenoxy) is 1. The maximum atomic E-state index is 10.9. The molecule has 0 bridgehead atoms. The van der Waals surface area contributed by atoms with Crippen LogP contribution in [0.3, 0.4) is 0 Å². The largest absolute Gasteiger partial charge is 0.478 e. The summed E-state index contributed by atoms with van der Waals surface area (Å²) in [5.74, 6) is 0.638. The summed E-state index contributed by atoms with van der Waals surface area (Å²) in [5, 5.41) is 9.64. The van der Waals surface area contributed by atoms with Crippen molar-refractivity contribution >= 4 is 23.5 Å². The number of carbonyl (C=O) groups is 1. The Morgan fingerprint density at radius 3 is 2.60 bits per heavy atom. The lowest BCUT2D eigenvalue weighted by molar-refractivity contribution is 0.0697. The van der Waals surface area contributed by atoms with Crippen LogP contribution in [0.15, 0.2) is 35.5 Å². The molecule has 0 aliphatic rings. The van der Waals surface area contributed by atoms with Gasteiger partial charge < -0.3 is 14.7 Å². The summed E-state index contributed by atoms with van der Waals surface area (Å²) in [7, 11) is 3.66. The maximum absolute atomic E-state index is 10.9. The number of aromatic nitrogens is 2. The fourth-order valence-corrected chi connectivity index (χ4v) is 3.11. The summed E-state index contributed by atoms with van der Waals surface area (Å²) in [6.07, 6.45) is 1.04. The van der Waals surface area contributed by atoms with Crippen LogP contribution >= 0.6 is 11.8 Å². The lowest BCUT2D eigenvalue weighted by atomic mass is 10.1. The summed E-state index contributed by atoms with van der Waals surface area (Å²) in [6, 6.07) is 8.81. The first-order chi connectivity index (χ1) is 12.0. The second-order valence-corrected chi connectivity index (χ2v) is 6.59. The van der Waals surface area contributed by atoms with E-state index < -0.39 is 5.97 Å². The molecule has 0 amide bonds. The standard InChI is InChI=1S/C18H23N3O3S/c1-4-9-21(2)16-10-15(11-24-3)19-18(20-16)25-12-13-5-7-14(8-6-13)17(22)23/h5-8,10H,4,9,11-12H2,1-3H3,(H,22,23). The van der Waals surface area contributed by atoms with Gasteiger partial charge in [-0.25, -0.2) is 14.8 Å². The van der Waals surface area contributed by atoms with Crippen molar-refractivity contribution in [3.8, 4) is 0 Å². The highest BCUT2D eigenvalue weighted by Gasteiger charge is 2.09. The first-order valence-electron chi connectivity index (χ1n) is 8.06. The van der Waals surface area contributed by atoms with Gasteiger partial charge in [-0.3, -0.25) is 0 Å². The molecule has 0 unspecified atom stereocenters. The van der Waals surface area contributed by atoms with Crippen molar-refractivity contribution in [2.45, 2.75) is 30.9 Å². The predicted octanol–water partition coefficient (Wildman–Crippen LogP) is 3.46. The average Bonchev–Trinajstić information content (AvgIpc) is 2.60. The second-order valence-electron chi connectivity index (χ2n) is 5.65. The summed E-state index contributed by atoms with van der Waals surface area (Å²) < 4.78 is 5.20. The van der Waals surface area contributed by atoms with E-state index in [4.69, 9.17) is 9.84 Å². The molecule has 0 fully saturated rings. The smallest absolute Gasteiger partial charge is 0.335 e. The van der Waals surface area contributed by atoms with Crippen LogP contribution in [0.2, 0.25) is 0 Å². The number of anilines is 1. The minimum absolute atomic E-state index is 0.288. The van der Waals surface area contributed by atoms with Gasteiger partial charge in [0, 0.05) is 32.5 Å². The van der Waals surface area contributed by atoms with E-state index in [0.717, 1.165) is 30.0 Å². The Morgan fingerprint density at radius 1 is 1.28 bits per heavy atom. The number of hydrogen-bond acceptors (Lipinski definition) is 6. The van der Waals surface area contributed by atoms with Crippen LogP contribution in [0.4, 0.5) is 5.82 Å². The van der Waals surface area contributed by atoms with E-state index in [9.17, 15) is 4.79 Å². The van der Waals surface area contributed by atoms with Gasteiger partial charge in [-0.15, -0.1) is 0 Å². The highest BCUT2D eigenvalue weighted by Crippen LogP contribution is 2.23. The normalized spacial score (nSPS) is 10.7. The average molecular weight is 361 g/mol. The summed E-state index contributed by atoms with van der Waals surface area (Å²) in [6.45, 7) is 3.49. The number of benzene rings is 1. The molecule has 0 saturated carbocycles. The van der Waals surface area contributed by atoms with Gasteiger partial charge in [0.05, 0.1) is 17.9 Å². The maximum Gasteiger partial charge on any atom is 0.335 e. The van der Waals surface area contributed by atoms with Gasteiger partial charge >= 0.3 is 5.97 Å². The monoisotopic (exact) mass is 361 g/mol. The third kappa shape index (κ3) is 5.72. The minimum Gasteiger partial charge on any atom is -0.478 e. The highest BCUT2D eigenvalue weighted by atomic mass is 32.2. The zero-order valence-electron chi connectivity index (χ0n) is 14.7. The number of nitrogens with zero attached hydrogens (tertiary/aromatic N) is 3. The van der Waals surface area contributed by atoms with Crippen LogP contribution in [-0.2, 0) is 17.1 Å². The first kappa shape index (κ1) is 19.2. The van der Waals surface area contributed by atoms with E-state index in [1.807, 2.05) is 25.2 Å². The summed E-state index contributed by atoms with van der Waals surface area (Å²) >= 11 is 1.53. The molecule has 1 heterocycles. The molecule has 1 aromatic heterocycles. The van der Waals surface area contributed by atoms with Crippen LogP contribution in [0.1, 0.15) is 35.0 Å². The highest BCUT2D eigenvalue weighted by molar-refractivity contribution is 7.98. The van der Waals surface area contributed by atoms with Crippen LogP contribution in [0, 0.1) is 0 Å². The van der Waals surface area contributed by atoms with E-state index in [1.54, 1.807) is 19.2 Å². The number of rotatable bonds is 9. The molecule has 0 radical (unpaired) electrons. The van der Waals surface area contributed by atoms with Gasteiger partial charge in [0.2, 0.25) is 0 Å². The third-order valence-electron chi connectivity index (χ3n) is 3.56. The van der Waals surface area contributed by atoms with Gasteiger partial charge in [-0.1, -0.05) is 30.8 Å². The second kappa shape index (κ2) is 9.39. The molecule has 1 aromatic carbocycles. The van der Waals surface area contributed by atoms with Crippen molar-refractivity contribution in [1.29, 1.82) is 0 Å². The molecule has 6 nitrogen and oxygen atoms in total. The van der Waals surface area contributed by atoms with E-state index in [0.29, 0.717) is 17.5 Å². The molecular weight excluding hydrogens is 338 g/mol. The molecule has 0 aliphatic heterocycles. The van der Waals surface area contributed by atoms with Crippen molar-refractivity contribution in [1.82, 2.24) is 9.97 Å². The van der Waals surface area contributed by atoms with Crippen LogP contribution in [0.5, 0.6) is 0 Å². The number of methoxy groups -OCH3 is 1. The molecule has 0 atom stereocenters. The Labute approximate surface area is 152 Å². The zero-order valence-corrected chi connectivity index (χ0v) is 15.5. The number of aromatic carboxylic acids is 1. The van der Waals surface area contributed by atoms with Crippen LogP contribution in [0.25, 0.3) is 0 Å². The van der Waals surface area contributed by atoms with Crippen LogP contribution in [-0.4, -0.2) is 41.7 Å². The van der Waals surface area contributed by atoms with Crippen molar-refractivity contribution in [3.05, 3.63) is 47.2 Å². The summed E-state index contributed by atoms with van der Waals surface area (Å²) in [4.78, 5) is 22.2. The fourth-order valence-electron chi connectivity index (χ4n) is 2.28. The predicted molar refractivity (Wildman–Crippen MR) is 99.3 cm³/mol. The number of carboxylic acids is 1. The van der Waals surface area contributed by atoms with E-state index in [-0.39, 0.29) is 5.56 Å². The van der Waals surface area contributed by atoms with Crippen LogP contribution < -0.4 is 4.90 Å². The Kier molecular flexibility index (Phi) is 7.21. The van der Waals surface area contributed by atoms with Gasteiger partial charge in [-0.2, -0.15) is 0 Å². The third-order valence-corrected chi connectivity index (χ3v) is 4.47. The van der Waals surface area contributed by atoms with Crippen molar-refractivity contribution < 1.29 is 14.6 Å². The van der Waals surface area contributed by atoms with E-state index in [2.05, 4.69) is 21.8 Å². The molecule has 1 N–H and O–H groups in total. The van der Waals surface area contributed by atoms with Gasteiger partial charge in [-0.05, 0) is 24.1 Å². The number of hydrogen-bond donors (Lipinski definition) is 1. The number of carboxylic acid groups (broad SMARTS) is 1. The lowest BCUT2D eigenvalue weighted by Gasteiger charge is -2.18. The first-order valence-corrected chi connectivity index (χ1v) is 9.05. The molecule has 0 saturated heterocycles. The number of thioether (sulfide) groups is 1. The Bertz CT molecular complexity index is 707. The van der Waals surface area contributed by atoms with Gasteiger partial charge in [0.15, 0.2) is 5.16 Å². The Hall–Kier alpha value is -2.12. The molecule has 134 valence electrons. The molecule has 2 aromatic rings. The molecule has 7 heteroatoms. The minimum atomic E-state index is -0.918. The Morgan fingerprint density at radius 2 is 2.00 bits per heavy atom. The topological polar surface area (TPSA) is 75.5 Å². The van der Waals surface area contributed by atoms with Gasteiger partial charge in [0.1, 0.15) is 5.82 Å². The van der Waals surface area contributed by atoms with Crippen molar-refractivity contribution in [3.63, 3.8) is 0 Å². The summed E-state index contributed by atoms with van der Waals surface area (Å²) in [5.41, 5.74) is 2.16. The van der Waals surface area contributed by atoms with Gasteiger partial charge in [0.25, 0.3) is 0 Å². The van der Waals surface area contributed by atoms with Crippen molar-refractivity contribution in [2.24, 2.45) is 0 Å². The molecule has 2 rings (SSSR count). The fraction of sp³-hybridized carbons (Fsp3) is 0.389. The quantitative estimate of drug-likeness (QED) is 0.541. The molecule has 0 spiro atoms. The molecule has 25 heavy (non-hydrogen) atoms. The van der Waals surface area contributed by atoms with Crippen molar-refractivity contribution in [2.75, 3.05) is 25.6 Å². The van der Waals surface area contributed by atoms with E-state index in [1.165, 1.54) is 11.8 Å². The molecular formula is C18H23N3O3S. The molecule has 0 aliphatic carbocycles. The zero-order chi connectivity index (χ0) is 18.2. The lowest BCUT2D eigenvalue weighted by Crippen LogP contribution is -2.20. The SMILES string of the molecule is CCCN(C)c1cc(COC)nc(SCc2ccc(C(=O)O)cc2)n1.